The van der Waals surface area contributed by atoms with Crippen molar-refractivity contribution in [2.45, 2.75) is 12.0 Å². The molecule has 0 saturated carbocycles. The smallest absolute Gasteiger partial charge is 0.319 e. The van der Waals surface area contributed by atoms with Crippen LogP contribution in [0.15, 0.2) is 11.6 Å². The van der Waals surface area contributed by atoms with Crippen LogP contribution in [0.3, 0.4) is 0 Å². The van der Waals surface area contributed by atoms with Gasteiger partial charge in [0.05, 0.1) is 0 Å². The Morgan fingerprint density at radius 1 is 1.38 bits per heavy atom. The molecule has 1 heterocycles. The van der Waals surface area contributed by atoms with Crippen molar-refractivity contribution in [2.75, 3.05) is 7.11 Å². The van der Waals surface area contributed by atoms with E-state index in [2.05, 4.69) is 9.72 Å². The zero-order valence-electron chi connectivity index (χ0n) is 6.43. The number of alkyl halides is 4. The SMILES string of the molecule is COC(F)(F)C(F)(F)c1nccs1. The summed E-state index contributed by atoms with van der Waals surface area (Å²) in [6, 6.07) is 0. The number of thiazole rings is 1. The van der Waals surface area contributed by atoms with Gasteiger partial charge >= 0.3 is 12.0 Å². The first kappa shape index (κ1) is 10.4. The summed E-state index contributed by atoms with van der Waals surface area (Å²) < 4.78 is 54.1. The van der Waals surface area contributed by atoms with Gasteiger partial charge in [0.15, 0.2) is 5.01 Å². The van der Waals surface area contributed by atoms with Crippen LogP contribution in [0.5, 0.6) is 0 Å². The molecule has 0 bridgehead atoms. The van der Waals surface area contributed by atoms with Crippen LogP contribution in [0.2, 0.25) is 0 Å². The van der Waals surface area contributed by atoms with Crippen LogP contribution in [-0.4, -0.2) is 18.2 Å². The van der Waals surface area contributed by atoms with Crippen molar-refractivity contribution in [3.63, 3.8) is 0 Å². The number of aromatic nitrogens is 1. The van der Waals surface area contributed by atoms with Crippen molar-refractivity contribution in [3.05, 3.63) is 16.6 Å². The minimum absolute atomic E-state index is 0.451. The second kappa shape index (κ2) is 3.22. The summed E-state index contributed by atoms with van der Waals surface area (Å²) in [6.45, 7) is 0. The van der Waals surface area contributed by atoms with Gasteiger partial charge in [-0.05, 0) is 0 Å². The molecule has 2 nitrogen and oxygen atoms in total. The number of rotatable bonds is 3. The fourth-order valence-corrected chi connectivity index (χ4v) is 1.27. The van der Waals surface area contributed by atoms with E-state index in [9.17, 15) is 17.6 Å². The topological polar surface area (TPSA) is 22.1 Å². The third-order valence-electron chi connectivity index (χ3n) is 1.32. The van der Waals surface area contributed by atoms with Crippen molar-refractivity contribution in [1.29, 1.82) is 0 Å². The first-order valence-corrected chi connectivity index (χ1v) is 4.00. The number of nitrogens with zero attached hydrogens (tertiary/aromatic N) is 1. The minimum Gasteiger partial charge on any atom is -0.319 e. The lowest BCUT2D eigenvalue weighted by Crippen LogP contribution is -2.39. The maximum Gasteiger partial charge on any atom is 0.426 e. The van der Waals surface area contributed by atoms with Crippen molar-refractivity contribution in [1.82, 2.24) is 4.98 Å². The van der Waals surface area contributed by atoms with E-state index in [1.165, 1.54) is 5.38 Å². The molecule has 1 rings (SSSR count). The third-order valence-corrected chi connectivity index (χ3v) is 2.17. The highest BCUT2D eigenvalue weighted by Gasteiger charge is 2.60. The fourth-order valence-electron chi connectivity index (χ4n) is 0.631. The number of hydrogen-bond acceptors (Lipinski definition) is 3. The van der Waals surface area contributed by atoms with Crippen LogP contribution in [0.25, 0.3) is 0 Å². The second-order valence-corrected chi connectivity index (χ2v) is 3.03. The van der Waals surface area contributed by atoms with Gasteiger partial charge in [0, 0.05) is 18.7 Å². The van der Waals surface area contributed by atoms with Gasteiger partial charge in [-0.25, -0.2) is 4.98 Å². The minimum atomic E-state index is -4.52. The van der Waals surface area contributed by atoms with Crippen molar-refractivity contribution in [2.24, 2.45) is 0 Å². The van der Waals surface area contributed by atoms with E-state index in [1.54, 1.807) is 0 Å². The molecule has 0 aliphatic rings. The van der Waals surface area contributed by atoms with Crippen molar-refractivity contribution >= 4 is 11.3 Å². The average molecular weight is 215 g/mol. The molecule has 0 fully saturated rings. The van der Waals surface area contributed by atoms with E-state index in [1.807, 2.05) is 0 Å². The summed E-state index contributed by atoms with van der Waals surface area (Å²) in [7, 11) is 0.515. The fraction of sp³-hybridized carbons (Fsp3) is 0.500. The highest BCUT2D eigenvalue weighted by molar-refractivity contribution is 7.09. The highest BCUT2D eigenvalue weighted by Crippen LogP contribution is 2.43. The van der Waals surface area contributed by atoms with E-state index >= 15 is 0 Å². The zero-order valence-corrected chi connectivity index (χ0v) is 7.25. The Hall–Kier alpha value is -0.690. The van der Waals surface area contributed by atoms with Gasteiger partial charge in [0.25, 0.3) is 0 Å². The molecular formula is C6H5F4NOS. The normalized spacial score (nSPS) is 13.3. The van der Waals surface area contributed by atoms with E-state index < -0.39 is 17.0 Å². The van der Waals surface area contributed by atoms with E-state index in [0.29, 0.717) is 18.4 Å². The van der Waals surface area contributed by atoms with Crippen LogP contribution >= 0.6 is 11.3 Å². The highest BCUT2D eigenvalue weighted by atomic mass is 32.1. The van der Waals surface area contributed by atoms with E-state index in [0.717, 1.165) is 6.20 Å². The number of halogens is 4. The van der Waals surface area contributed by atoms with Crippen molar-refractivity contribution in [3.8, 4) is 0 Å². The Balaban J connectivity index is 3.02. The standard InChI is InChI=1S/C6H5F4NOS/c1-12-6(9,10)5(7,8)4-11-2-3-13-4/h2-3H,1H3. The Kier molecular flexibility index (Phi) is 2.58. The molecule has 7 heteroatoms. The van der Waals surface area contributed by atoms with Gasteiger partial charge in [-0.2, -0.15) is 17.6 Å². The second-order valence-electron chi connectivity index (χ2n) is 2.13. The molecule has 1 aromatic heterocycles. The first-order valence-electron chi connectivity index (χ1n) is 3.12. The van der Waals surface area contributed by atoms with Gasteiger partial charge in [0.1, 0.15) is 0 Å². The first-order chi connectivity index (χ1) is 5.92. The quantitative estimate of drug-likeness (QED) is 0.722. The summed E-state index contributed by atoms with van der Waals surface area (Å²) >= 11 is 0.451. The maximum atomic E-state index is 12.8. The molecule has 0 unspecified atom stereocenters. The summed E-state index contributed by atoms with van der Waals surface area (Å²) in [6.07, 6.45) is -3.50. The molecule has 0 spiro atoms. The van der Waals surface area contributed by atoms with Crippen LogP contribution in [0.4, 0.5) is 17.6 Å². The van der Waals surface area contributed by atoms with Gasteiger partial charge in [-0.1, -0.05) is 0 Å². The van der Waals surface area contributed by atoms with Gasteiger partial charge in [-0.3, -0.25) is 0 Å². The monoisotopic (exact) mass is 215 g/mol. The van der Waals surface area contributed by atoms with Gasteiger partial charge < -0.3 is 4.74 Å². The number of ether oxygens (including phenoxy) is 1. The summed E-state index contributed by atoms with van der Waals surface area (Å²) in [4.78, 5) is 3.11. The summed E-state index contributed by atoms with van der Waals surface area (Å²) in [5.74, 6) is -4.38. The van der Waals surface area contributed by atoms with Crippen LogP contribution in [-0.2, 0) is 10.7 Å². The largest absolute Gasteiger partial charge is 0.426 e. The van der Waals surface area contributed by atoms with Gasteiger partial charge in [0.2, 0.25) is 0 Å². The Bertz CT molecular complexity index is 274. The summed E-state index contributed by atoms with van der Waals surface area (Å²) in [5, 5.41) is 0.231. The Morgan fingerprint density at radius 3 is 2.38 bits per heavy atom. The molecule has 0 saturated heterocycles. The predicted octanol–water partition coefficient (Wildman–Crippen LogP) is 2.47. The molecule has 0 radical (unpaired) electrons. The van der Waals surface area contributed by atoms with E-state index in [4.69, 9.17) is 0 Å². The lowest BCUT2D eigenvalue weighted by Gasteiger charge is -2.22. The van der Waals surface area contributed by atoms with Crippen LogP contribution < -0.4 is 0 Å². The third kappa shape index (κ3) is 1.66. The molecule has 74 valence electrons. The predicted molar refractivity (Wildman–Crippen MR) is 38.0 cm³/mol. The maximum absolute atomic E-state index is 12.8. The molecule has 0 atom stereocenters. The van der Waals surface area contributed by atoms with E-state index in [-0.39, 0.29) is 0 Å². The lowest BCUT2D eigenvalue weighted by molar-refractivity contribution is -0.344. The van der Waals surface area contributed by atoms with Gasteiger partial charge in [-0.15, -0.1) is 11.3 Å². The Morgan fingerprint density at radius 2 is 2.00 bits per heavy atom. The molecule has 0 amide bonds. The van der Waals surface area contributed by atoms with Crippen LogP contribution in [0.1, 0.15) is 5.01 Å². The summed E-state index contributed by atoms with van der Waals surface area (Å²) in [5.41, 5.74) is 0. The molecule has 0 aromatic carbocycles. The molecular weight excluding hydrogens is 210 g/mol. The average Bonchev–Trinajstić information content (AvgIpc) is 2.56. The molecule has 0 aliphatic carbocycles. The molecule has 0 N–H and O–H groups in total. The van der Waals surface area contributed by atoms with Crippen molar-refractivity contribution < 1.29 is 22.3 Å². The van der Waals surface area contributed by atoms with Crippen LogP contribution in [0, 0.1) is 0 Å². The molecule has 0 aliphatic heterocycles. The lowest BCUT2D eigenvalue weighted by atomic mass is 10.3. The molecule has 1 aromatic rings. The molecule has 13 heavy (non-hydrogen) atoms. The number of hydrogen-bond donors (Lipinski definition) is 0. The zero-order chi connectivity index (χ0) is 10.1. The Labute approximate surface area is 75.2 Å². The number of methoxy groups -OCH3 is 1.